The first kappa shape index (κ1) is 18.2. The van der Waals surface area contributed by atoms with Crippen LogP contribution in [0.5, 0.6) is 0 Å². The average Bonchev–Trinajstić information content (AvgIpc) is 3.20. The van der Waals surface area contributed by atoms with Crippen molar-refractivity contribution in [1.29, 1.82) is 0 Å². The van der Waals surface area contributed by atoms with E-state index < -0.39 is 0 Å². The maximum atomic E-state index is 12.6. The van der Waals surface area contributed by atoms with Crippen LogP contribution in [-0.2, 0) is 11.2 Å². The third-order valence-electron chi connectivity index (χ3n) is 5.02. The van der Waals surface area contributed by atoms with E-state index in [1.165, 1.54) is 0 Å². The number of para-hydroxylation sites is 2. The van der Waals surface area contributed by atoms with Crippen LogP contribution in [0.1, 0.15) is 55.6 Å². The Labute approximate surface area is 153 Å². The lowest BCUT2D eigenvalue weighted by Crippen LogP contribution is -2.33. The number of carbonyl (C=O) groups excluding carboxylic acids is 1. The van der Waals surface area contributed by atoms with Crippen molar-refractivity contribution in [2.45, 2.75) is 53.0 Å². The minimum absolute atomic E-state index is 0.00996. The summed E-state index contributed by atoms with van der Waals surface area (Å²) >= 11 is 0. The van der Waals surface area contributed by atoms with Gasteiger partial charge in [-0.05, 0) is 38.3 Å². The lowest BCUT2D eigenvalue weighted by Gasteiger charge is -2.22. The first-order chi connectivity index (χ1) is 12.5. The zero-order valence-corrected chi connectivity index (χ0v) is 15.8. The number of rotatable bonds is 7. The molecule has 2 N–H and O–H groups in total. The predicted octanol–water partition coefficient (Wildman–Crippen LogP) is 4.00. The molecule has 0 bridgehead atoms. The molecule has 0 fully saturated rings. The van der Waals surface area contributed by atoms with Crippen molar-refractivity contribution < 1.29 is 9.32 Å². The van der Waals surface area contributed by atoms with Crippen LogP contribution in [0.25, 0.3) is 11.0 Å². The highest BCUT2D eigenvalue weighted by molar-refractivity contribution is 5.77. The highest BCUT2D eigenvalue weighted by Crippen LogP contribution is 2.25. The molecule has 26 heavy (non-hydrogen) atoms. The number of H-pyrrole nitrogens is 1. The van der Waals surface area contributed by atoms with Crippen molar-refractivity contribution in [3.63, 3.8) is 0 Å². The minimum Gasteiger partial charge on any atom is -0.361 e. The second kappa shape index (κ2) is 7.72. The lowest BCUT2D eigenvalue weighted by molar-refractivity contribution is -0.122. The van der Waals surface area contributed by atoms with Crippen LogP contribution in [0.4, 0.5) is 0 Å². The molecule has 2 heterocycles. The number of hydrogen-bond acceptors (Lipinski definition) is 4. The van der Waals surface area contributed by atoms with Crippen molar-refractivity contribution in [3.8, 4) is 0 Å². The maximum absolute atomic E-state index is 12.6. The number of imidazole rings is 1. The Morgan fingerprint density at radius 2 is 2.08 bits per heavy atom. The van der Waals surface area contributed by atoms with Crippen LogP contribution in [-0.4, -0.2) is 21.0 Å². The van der Waals surface area contributed by atoms with Crippen LogP contribution >= 0.6 is 0 Å². The molecule has 138 valence electrons. The molecular formula is C20H26N4O2. The van der Waals surface area contributed by atoms with Crippen LogP contribution in [0.15, 0.2) is 28.8 Å². The summed E-state index contributed by atoms with van der Waals surface area (Å²) in [5.41, 5.74) is 3.77. The Morgan fingerprint density at radius 1 is 1.31 bits per heavy atom. The average molecular weight is 354 g/mol. The zero-order valence-electron chi connectivity index (χ0n) is 15.8. The molecule has 2 aromatic heterocycles. The van der Waals surface area contributed by atoms with Gasteiger partial charge in [0.25, 0.3) is 0 Å². The summed E-state index contributed by atoms with van der Waals surface area (Å²) in [4.78, 5) is 20.6. The normalized spacial score (nSPS) is 13.7. The van der Waals surface area contributed by atoms with E-state index in [-0.39, 0.29) is 17.9 Å². The van der Waals surface area contributed by atoms with Gasteiger partial charge in [0.2, 0.25) is 5.91 Å². The van der Waals surface area contributed by atoms with Crippen molar-refractivity contribution in [1.82, 2.24) is 20.4 Å². The van der Waals surface area contributed by atoms with Crippen molar-refractivity contribution in [2.75, 3.05) is 0 Å². The van der Waals surface area contributed by atoms with E-state index >= 15 is 0 Å². The molecular weight excluding hydrogens is 328 g/mol. The molecule has 2 atom stereocenters. The molecule has 0 aliphatic heterocycles. The number of nitrogens with one attached hydrogen (secondary N) is 2. The number of hydrogen-bond donors (Lipinski definition) is 2. The number of amides is 1. The maximum Gasteiger partial charge on any atom is 0.220 e. The SMILES string of the molecule is CC[C@H](C)[C@H](NC(=O)CCc1c(C)noc1C)c1nc2ccccc2[nH]1. The molecule has 1 amide bonds. The highest BCUT2D eigenvalue weighted by atomic mass is 16.5. The van der Waals surface area contributed by atoms with Gasteiger partial charge >= 0.3 is 0 Å². The number of carbonyl (C=O) groups is 1. The third kappa shape index (κ3) is 3.79. The molecule has 6 nitrogen and oxygen atoms in total. The molecule has 3 aromatic rings. The first-order valence-electron chi connectivity index (χ1n) is 9.15. The largest absolute Gasteiger partial charge is 0.361 e. The van der Waals surface area contributed by atoms with Gasteiger partial charge in [-0.2, -0.15) is 0 Å². The number of nitrogens with zero attached hydrogens (tertiary/aromatic N) is 2. The summed E-state index contributed by atoms with van der Waals surface area (Å²) in [7, 11) is 0. The summed E-state index contributed by atoms with van der Waals surface area (Å²) in [5, 5.41) is 7.11. The van der Waals surface area contributed by atoms with Crippen molar-refractivity contribution in [3.05, 3.63) is 47.1 Å². The second-order valence-electron chi connectivity index (χ2n) is 6.87. The van der Waals surface area contributed by atoms with Crippen LogP contribution in [0, 0.1) is 19.8 Å². The number of aromatic amines is 1. The summed E-state index contributed by atoms with van der Waals surface area (Å²) in [6.07, 6.45) is 1.97. The molecule has 3 rings (SSSR count). The van der Waals surface area contributed by atoms with E-state index in [4.69, 9.17) is 4.52 Å². The van der Waals surface area contributed by atoms with Crippen LogP contribution in [0.3, 0.4) is 0 Å². The molecule has 0 saturated carbocycles. The van der Waals surface area contributed by atoms with E-state index in [0.717, 1.165) is 40.3 Å². The van der Waals surface area contributed by atoms with Crippen molar-refractivity contribution in [2.24, 2.45) is 5.92 Å². The molecule has 1 aromatic carbocycles. The first-order valence-corrected chi connectivity index (χ1v) is 9.15. The molecule has 0 saturated heterocycles. The summed E-state index contributed by atoms with van der Waals surface area (Å²) in [5.74, 6) is 1.88. The Hall–Kier alpha value is -2.63. The minimum atomic E-state index is -0.135. The van der Waals surface area contributed by atoms with E-state index in [9.17, 15) is 4.79 Å². The summed E-state index contributed by atoms with van der Waals surface area (Å²) in [6, 6.07) is 7.78. The fourth-order valence-electron chi connectivity index (χ4n) is 3.18. The van der Waals surface area contributed by atoms with Crippen LogP contribution < -0.4 is 5.32 Å². The van der Waals surface area contributed by atoms with Gasteiger partial charge in [-0.25, -0.2) is 4.98 Å². The molecule has 0 radical (unpaired) electrons. The number of aromatic nitrogens is 3. The fourth-order valence-corrected chi connectivity index (χ4v) is 3.18. The molecule has 0 aliphatic rings. The standard InChI is InChI=1S/C20H26N4O2/c1-5-12(2)19(20-21-16-8-6-7-9-17(16)22-20)23-18(25)11-10-15-13(3)24-26-14(15)4/h6-9,12,19H,5,10-11H2,1-4H3,(H,21,22)(H,23,25)/t12-,19-/m0/s1. The Morgan fingerprint density at radius 3 is 2.73 bits per heavy atom. The zero-order chi connectivity index (χ0) is 18.7. The van der Waals surface area contributed by atoms with Gasteiger partial charge in [0, 0.05) is 12.0 Å². The quantitative estimate of drug-likeness (QED) is 0.671. The Bertz CT molecular complexity index is 844. The molecule has 6 heteroatoms. The van der Waals surface area contributed by atoms with E-state index in [0.29, 0.717) is 12.8 Å². The Kier molecular flexibility index (Phi) is 5.40. The van der Waals surface area contributed by atoms with Gasteiger partial charge in [0.05, 0.1) is 22.8 Å². The fraction of sp³-hybridized carbons (Fsp3) is 0.450. The van der Waals surface area contributed by atoms with Gasteiger partial charge in [-0.1, -0.05) is 37.6 Å². The number of benzene rings is 1. The topological polar surface area (TPSA) is 83.8 Å². The predicted molar refractivity (Wildman–Crippen MR) is 101 cm³/mol. The van der Waals surface area contributed by atoms with Gasteiger partial charge < -0.3 is 14.8 Å². The molecule has 0 spiro atoms. The van der Waals surface area contributed by atoms with E-state index in [1.807, 2.05) is 38.1 Å². The second-order valence-corrected chi connectivity index (χ2v) is 6.87. The number of aryl methyl sites for hydroxylation is 2. The third-order valence-corrected chi connectivity index (χ3v) is 5.02. The van der Waals surface area contributed by atoms with E-state index in [1.54, 1.807) is 0 Å². The van der Waals surface area contributed by atoms with Gasteiger partial charge in [0.1, 0.15) is 11.6 Å². The Balaban J connectivity index is 1.73. The summed E-state index contributed by atoms with van der Waals surface area (Å²) in [6.45, 7) is 8.03. The van der Waals surface area contributed by atoms with Gasteiger partial charge in [-0.15, -0.1) is 0 Å². The lowest BCUT2D eigenvalue weighted by atomic mass is 9.98. The van der Waals surface area contributed by atoms with Crippen molar-refractivity contribution >= 4 is 16.9 Å². The summed E-state index contributed by atoms with van der Waals surface area (Å²) < 4.78 is 5.17. The molecule has 0 unspecified atom stereocenters. The molecule has 0 aliphatic carbocycles. The van der Waals surface area contributed by atoms with Crippen LogP contribution in [0.2, 0.25) is 0 Å². The van der Waals surface area contributed by atoms with E-state index in [2.05, 4.69) is 34.3 Å². The highest BCUT2D eigenvalue weighted by Gasteiger charge is 2.23. The van der Waals surface area contributed by atoms with Gasteiger partial charge in [-0.3, -0.25) is 4.79 Å². The monoisotopic (exact) mass is 354 g/mol. The number of fused-ring (bicyclic) bond motifs is 1. The smallest absolute Gasteiger partial charge is 0.220 e. The van der Waals surface area contributed by atoms with Gasteiger partial charge in [0.15, 0.2) is 0 Å².